The molecule has 1 N–H and O–H groups in total. The number of carbonyl (C=O) groups excluding carboxylic acids is 3. The summed E-state index contributed by atoms with van der Waals surface area (Å²) in [6.07, 6.45) is 9.68. The van der Waals surface area contributed by atoms with Gasteiger partial charge in [-0.15, -0.1) is 24.9 Å². The second-order valence-corrected chi connectivity index (χ2v) is 13.2. The summed E-state index contributed by atoms with van der Waals surface area (Å²) in [6.45, 7) is 8.82. The summed E-state index contributed by atoms with van der Waals surface area (Å²) >= 11 is 1.66. The molecule has 0 aliphatic carbocycles. The van der Waals surface area contributed by atoms with Gasteiger partial charge in [0, 0.05) is 30.6 Å². The third kappa shape index (κ3) is 5.63. The van der Waals surface area contributed by atoms with E-state index < -0.39 is 22.6 Å². The summed E-state index contributed by atoms with van der Waals surface area (Å²) in [5, 5.41) is 11.4. The zero-order valence-electron chi connectivity index (χ0n) is 24.3. The Hall–Kier alpha value is -3.10. The van der Waals surface area contributed by atoms with Gasteiger partial charge in [0.25, 0.3) is 5.91 Å². The summed E-state index contributed by atoms with van der Waals surface area (Å²) in [5.41, 5.74) is 0.763. The molecule has 0 saturated carbocycles. The lowest BCUT2D eigenvalue weighted by atomic mass is 9.71. The number of hydrogen-bond donors (Lipinski definition) is 1. The number of allylic oxidation sites excluding steroid dienone is 1. The van der Waals surface area contributed by atoms with Crippen molar-refractivity contribution in [3.05, 3.63) is 67.8 Å². The number of fused-ring (bicyclic) bond motifs is 2. The van der Waals surface area contributed by atoms with Gasteiger partial charge in [0.15, 0.2) is 0 Å². The molecule has 2 amide bonds. The van der Waals surface area contributed by atoms with E-state index in [1.54, 1.807) is 27.6 Å². The van der Waals surface area contributed by atoms with Crippen LogP contribution in [0.1, 0.15) is 51.4 Å². The second kappa shape index (κ2) is 13.5. The van der Waals surface area contributed by atoms with E-state index in [4.69, 9.17) is 4.74 Å². The molecule has 0 radical (unpaired) electrons. The lowest BCUT2D eigenvalue weighted by Gasteiger charge is -2.37. The number of amides is 2. The minimum atomic E-state index is -0.684. The second-order valence-electron chi connectivity index (χ2n) is 11.6. The molecule has 8 heteroatoms. The number of esters is 1. The smallest absolute Gasteiger partial charge is 0.310 e. The molecule has 0 aromatic heterocycles. The van der Waals surface area contributed by atoms with Crippen molar-refractivity contribution < 1.29 is 24.2 Å². The molecule has 5 atom stereocenters. The minimum Gasteiger partial charge on any atom is -0.465 e. The Morgan fingerprint density at radius 2 is 1.88 bits per heavy atom. The molecule has 7 nitrogen and oxygen atoms in total. The third-order valence-electron chi connectivity index (χ3n) is 9.03. The van der Waals surface area contributed by atoms with Crippen LogP contribution in [0.3, 0.4) is 0 Å². The SMILES string of the molecule is C=CCCCCOC(=O)[C@@H]1[C@H]2C(=O)N(CCCCCO)C(C(=O)N(CC=C)c3ccc4ccccc4c3)C23CC[C@H]1S3. The number of benzene rings is 2. The van der Waals surface area contributed by atoms with Gasteiger partial charge in [-0.25, -0.2) is 0 Å². The zero-order valence-corrected chi connectivity index (χ0v) is 25.1. The largest absolute Gasteiger partial charge is 0.465 e. The maximum absolute atomic E-state index is 14.7. The van der Waals surface area contributed by atoms with E-state index in [-0.39, 0.29) is 29.6 Å². The number of likely N-dealkylation sites (tertiary alicyclic amines) is 1. The highest BCUT2D eigenvalue weighted by Gasteiger charge is 2.74. The molecular formula is C34H42N2O5S. The lowest BCUT2D eigenvalue weighted by molar-refractivity contribution is -0.154. The van der Waals surface area contributed by atoms with Crippen LogP contribution in [0, 0.1) is 11.8 Å². The Kier molecular flexibility index (Phi) is 9.74. The van der Waals surface area contributed by atoms with Crippen molar-refractivity contribution in [3.63, 3.8) is 0 Å². The van der Waals surface area contributed by atoms with Crippen molar-refractivity contribution in [2.75, 3.05) is 31.2 Å². The molecule has 3 aliphatic rings. The first-order chi connectivity index (χ1) is 20.5. The highest BCUT2D eigenvalue weighted by atomic mass is 32.2. The van der Waals surface area contributed by atoms with Crippen LogP contribution < -0.4 is 4.90 Å². The Labute approximate surface area is 253 Å². The Bertz CT molecular complexity index is 1330. The van der Waals surface area contributed by atoms with E-state index in [0.717, 1.165) is 48.6 Å². The van der Waals surface area contributed by atoms with Crippen LogP contribution in [0.4, 0.5) is 5.69 Å². The standard InChI is InChI=1S/C34H42N2O5S/c1-3-5-6-12-22-41-33(40)28-27-17-18-34(42-27)29(28)31(38)36(20-10-7-11-21-37)30(34)32(39)35(19-4-2)26-16-15-24-13-8-9-14-25(24)23-26/h3-4,8-9,13-16,23,27-30,37H,1-2,5-7,10-12,17-22H2/t27-,28+,29+,30?,34?/m1/s1. The third-order valence-corrected chi connectivity index (χ3v) is 11.0. The summed E-state index contributed by atoms with van der Waals surface area (Å²) in [4.78, 5) is 45.9. The lowest BCUT2D eigenvalue weighted by Crippen LogP contribution is -2.55. The topological polar surface area (TPSA) is 87.1 Å². The molecular weight excluding hydrogens is 548 g/mol. The minimum absolute atomic E-state index is 0.0278. The van der Waals surface area contributed by atoms with Crippen molar-refractivity contribution >= 4 is 46.0 Å². The Morgan fingerprint density at radius 1 is 1.07 bits per heavy atom. The van der Waals surface area contributed by atoms with Gasteiger partial charge in [0.05, 0.1) is 23.2 Å². The van der Waals surface area contributed by atoms with Crippen molar-refractivity contribution in [2.24, 2.45) is 11.8 Å². The molecule has 224 valence electrons. The number of unbranched alkanes of at least 4 members (excludes halogenated alkanes) is 4. The van der Waals surface area contributed by atoms with Crippen molar-refractivity contribution in [2.45, 2.75) is 67.4 Å². The summed E-state index contributed by atoms with van der Waals surface area (Å²) in [5.74, 6) is -1.66. The molecule has 2 aromatic rings. The molecule has 1 spiro atoms. The quantitative estimate of drug-likeness (QED) is 0.167. The molecule has 2 aromatic carbocycles. The van der Waals surface area contributed by atoms with E-state index in [9.17, 15) is 19.5 Å². The number of nitrogens with zero attached hydrogens (tertiary/aromatic N) is 2. The Morgan fingerprint density at radius 3 is 2.64 bits per heavy atom. The van der Waals surface area contributed by atoms with Gasteiger partial charge in [0.1, 0.15) is 6.04 Å². The van der Waals surface area contributed by atoms with Gasteiger partial charge in [-0.3, -0.25) is 14.4 Å². The predicted molar refractivity (Wildman–Crippen MR) is 168 cm³/mol. The van der Waals surface area contributed by atoms with E-state index in [1.165, 1.54) is 0 Å². The molecule has 3 heterocycles. The fourth-order valence-corrected chi connectivity index (χ4v) is 9.32. The number of hydrogen-bond acceptors (Lipinski definition) is 6. The summed E-state index contributed by atoms with van der Waals surface area (Å²) in [7, 11) is 0. The maximum atomic E-state index is 14.7. The first-order valence-electron chi connectivity index (χ1n) is 15.2. The van der Waals surface area contributed by atoms with Crippen LogP contribution in [0.5, 0.6) is 0 Å². The van der Waals surface area contributed by atoms with Gasteiger partial charge in [-0.05, 0) is 74.3 Å². The summed E-state index contributed by atoms with van der Waals surface area (Å²) in [6, 6.07) is 13.3. The number of rotatable bonds is 15. The number of ether oxygens (including phenoxy) is 1. The number of anilines is 1. The predicted octanol–water partition coefficient (Wildman–Crippen LogP) is 5.51. The first-order valence-corrected chi connectivity index (χ1v) is 16.1. The summed E-state index contributed by atoms with van der Waals surface area (Å²) < 4.78 is 5.06. The van der Waals surface area contributed by atoms with E-state index in [1.807, 2.05) is 48.5 Å². The highest BCUT2D eigenvalue weighted by Crippen LogP contribution is 2.66. The van der Waals surface area contributed by atoms with Gasteiger partial charge in [0.2, 0.25) is 5.91 Å². The van der Waals surface area contributed by atoms with Gasteiger partial charge in [-0.2, -0.15) is 0 Å². The van der Waals surface area contributed by atoms with Gasteiger partial charge < -0.3 is 19.6 Å². The van der Waals surface area contributed by atoms with Crippen LogP contribution >= 0.6 is 11.8 Å². The van der Waals surface area contributed by atoms with Crippen molar-refractivity contribution in [1.82, 2.24) is 4.90 Å². The fourth-order valence-electron chi connectivity index (χ4n) is 7.12. The maximum Gasteiger partial charge on any atom is 0.310 e. The Balaban J connectivity index is 1.46. The van der Waals surface area contributed by atoms with Crippen LogP contribution in [0.15, 0.2) is 67.8 Å². The van der Waals surface area contributed by atoms with E-state index >= 15 is 0 Å². The van der Waals surface area contributed by atoms with Crippen molar-refractivity contribution in [3.8, 4) is 0 Å². The molecule has 3 fully saturated rings. The molecule has 5 rings (SSSR count). The molecule has 3 saturated heterocycles. The van der Waals surface area contributed by atoms with Crippen LogP contribution in [-0.2, 0) is 19.1 Å². The number of thioether (sulfide) groups is 1. The normalized spacial score (nSPS) is 25.9. The average molecular weight is 591 g/mol. The molecule has 42 heavy (non-hydrogen) atoms. The van der Waals surface area contributed by atoms with Crippen LogP contribution in [0.25, 0.3) is 10.8 Å². The molecule has 3 aliphatic heterocycles. The van der Waals surface area contributed by atoms with Crippen LogP contribution in [-0.4, -0.2) is 70.1 Å². The van der Waals surface area contributed by atoms with Crippen molar-refractivity contribution in [1.29, 1.82) is 0 Å². The molecule has 2 bridgehead atoms. The highest BCUT2D eigenvalue weighted by molar-refractivity contribution is 8.02. The zero-order chi connectivity index (χ0) is 29.7. The number of aliphatic hydroxyl groups excluding tert-OH is 1. The monoisotopic (exact) mass is 590 g/mol. The number of carbonyl (C=O) groups is 3. The number of aliphatic hydroxyl groups is 1. The van der Waals surface area contributed by atoms with E-state index in [2.05, 4.69) is 13.2 Å². The van der Waals surface area contributed by atoms with E-state index in [0.29, 0.717) is 39.0 Å². The first kappa shape index (κ1) is 30.4. The average Bonchev–Trinajstić information content (AvgIpc) is 3.64. The van der Waals surface area contributed by atoms with Gasteiger partial charge >= 0.3 is 5.97 Å². The fraction of sp³-hybridized carbons (Fsp3) is 0.500. The van der Waals surface area contributed by atoms with Crippen LogP contribution in [0.2, 0.25) is 0 Å². The molecule has 2 unspecified atom stereocenters. The van der Waals surface area contributed by atoms with Gasteiger partial charge in [-0.1, -0.05) is 42.5 Å².